The Morgan fingerprint density at radius 2 is 1.64 bits per heavy atom. The molecule has 5 heteroatoms. The van der Waals surface area contributed by atoms with Crippen molar-refractivity contribution in [3.8, 4) is 0 Å². The number of carbonyl (C=O) groups excluding carboxylic acids is 1. The van der Waals surface area contributed by atoms with E-state index in [1.165, 1.54) is 5.56 Å². The minimum atomic E-state index is -0.177. The largest absolute Gasteiger partial charge is 0.376 e. The zero-order valence-corrected chi connectivity index (χ0v) is 17.2. The van der Waals surface area contributed by atoms with E-state index in [1.807, 2.05) is 43.3 Å². The molecule has 0 aliphatic rings. The summed E-state index contributed by atoms with van der Waals surface area (Å²) in [6.07, 6.45) is 0. The highest BCUT2D eigenvalue weighted by Gasteiger charge is 2.13. The van der Waals surface area contributed by atoms with Crippen LogP contribution < -0.4 is 10.7 Å². The van der Waals surface area contributed by atoms with Crippen LogP contribution in [0.2, 0.25) is 0 Å². The molecule has 2 N–H and O–H groups in total. The summed E-state index contributed by atoms with van der Waals surface area (Å²) in [5.41, 5.74) is 6.68. The molecule has 1 amide bonds. The molecule has 0 aliphatic carbocycles. The first-order valence-corrected chi connectivity index (χ1v) is 9.27. The fourth-order valence-electron chi connectivity index (χ4n) is 2.21. The quantitative estimate of drug-likeness (QED) is 0.400. The molecular weight excluding hydrogens is 425 g/mol. The second-order valence-electron chi connectivity index (χ2n) is 6.92. The third-order valence-electron chi connectivity index (χ3n) is 3.81. The van der Waals surface area contributed by atoms with Crippen LogP contribution in [0, 0.1) is 3.57 Å². The van der Waals surface area contributed by atoms with Gasteiger partial charge in [0, 0.05) is 9.26 Å². The van der Waals surface area contributed by atoms with Gasteiger partial charge in [-0.25, -0.2) is 5.43 Å². The lowest BCUT2D eigenvalue weighted by Crippen LogP contribution is -2.26. The molecule has 2 rings (SSSR count). The molecule has 0 aromatic heterocycles. The van der Waals surface area contributed by atoms with Crippen LogP contribution in [0.5, 0.6) is 0 Å². The summed E-state index contributed by atoms with van der Waals surface area (Å²) in [4.78, 5) is 11.9. The highest BCUT2D eigenvalue weighted by Crippen LogP contribution is 2.22. The van der Waals surface area contributed by atoms with Gasteiger partial charge in [-0.3, -0.25) is 4.79 Å². The molecule has 0 bridgehead atoms. The van der Waals surface area contributed by atoms with Gasteiger partial charge in [-0.15, -0.1) is 0 Å². The maximum Gasteiger partial charge on any atom is 0.259 e. The number of nitrogens with zero attached hydrogens (tertiary/aromatic N) is 1. The molecule has 132 valence electrons. The van der Waals surface area contributed by atoms with Gasteiger partial charge < -0.3 is 5.32 Å². The van der Waals surface area contributed by atoms with Gasteiger partial charge in [0.25, 0.3) is 5.91 Å². The maximum absolute atomic E-state index is 11.9. The SMILES string of the molecule is C/C(=N/NC(=O)CNc1ccc(I)cc1)c1ccc(C(C)(C)C)cc1. The van der Waals surface area contributed by atoms with Crippen LogP contribution in [0.15, 0.2) is 53.6 Å². The van der Waals surface area contributed by atoms with Crippen molar-refractivity contribution in [2.24, 2.45) is 5.10 Å². The highest BCUT2D eigenvalue weighted by molar-refractivity contribution is 14.1. The zero-order chi connectivity index (χ0) is 18.4. The topological polar surface area (TPSA) is 53.5 Å². The maximum atomic E-state index is 11.9. The van der Waals surface area contributed by atoms with Crippen LogP contribution >= 0.6 is 22.6 Å². The monoisotopic (exact) mass is 449 g/mol. The van der Waals surface area contributed by atoms with Gasteiger partial charge >= 0.3 is 0 Å². The molecule has 0 fully saturated rings. The van der Waals surface area contributed by atoms with E-state index in [1.54, 1.807) is 0 Å². The van der Waals surface area contributed by atoms with Crippen molar-refractivity contribution in [1.29, 1.82) is 0 Å². The van der Waals surface area contributed by atoms with Gasteiger partial charge in [-0.05, 0) is 70.3 Å². The number of hydrazone groups is 1. The number of anilines is 1. The Bertz CT molecular complexity index is 744. The number of carbonyl (C=O) groups is 1. The summed E-state index contributed by atoms with van der Waals surface area (Å²) in [6, 6.07) is 16.2. The molecule has 0 aliphatic heterocycles. The van der Waals surface area contributed by atoms with Crippen molar-refractivity contribution in [2.75, 3.05) is 11.9 Å². The van der Waals surface area contributed by atoms with Crippen LogP contribution in [-0.4, -0.2) is 18.2 Å². The molecule has 2 aromatic rings. The van der Waals surface area contributed by atoms with Gasteiger partial charge in [-0.1, -0.05) is 45.0 Å². The standard InChI is InChI=1S/C20H24IN3O/c1-14(15-5-7-16(8-6-15)20(2,3)4)23-24-19(25)13-22-18-11-9-17(21)10-12-18/h5-12,22H,13H2,1-4H3,(H,24,25)/b23-14-. The molecule has 2 aromatic carbocycles. The Hall–Kier alpha value is -1.89. The molecule has 0 saturated carbocycles. The van der Waals surface area contributed by atoms with Crippen LogP contribution in [0.1, 0.15) is 38.8 Å². The predicted octanol–water partition coefficient (Wildman–Crippen LogP) is 4.54. The number of hydrogen-bond acceptors (Lipinski definition) is 3. The molecule has 0 spiro atoms. The lowest BCUT2D eigenvalue weighted by molar-refractivity contribution is -0.119. The van der Waals surface area contributed by atoms with Crippen molar-refractivity contribution in [3.63, 3.8) is 0 Å². The lowest BCUT2D eigenvalue weighted by atomic mass is 9.86. The van der Waals surface area contributed by atoms with Crippen molar-refractivity contribution in [2.45, 2.75) is 33.1 Å². The summed E-state index contributed by atoms with van der Waals surface area (Å²) >= 11 is 2.25. The van der Waals surface area contributed by atoms with Gasteiger partial charge in [0.2, 0.25) is 0 Å². The van der Waals surface area contributed by atoms with E-state index < -0.39 is 0 Å². The average Bonchev–Trinajstić information content (AvgIpc) is 2.58. The van der Waals surface area contributed by atoms with Crippen molar-refractivity contribution < 1.29 is 4.79 Å². The van der Waals surface area contributed by atoms with E-state index in [0.717, 1.165) is 20.5 Å². The fourth-order valence-corrected chi connectivity index (χ4v) is 2.57. The summed E-state index contributed by atoms with van der Waals surface area (Å²) in [5.74, 6) is -0.177. The Balaban J connectivity index is 1.89. The van der Waals surface area contributed by atoms with E-state index in [-0.39, 0.29) is 17.9 Å². The number of nitrogens with one attached hydrogen (secondary N) is 2. The third-order valence-corrected chi connectivity index (χ3v) is 4.53. The van der Waals surface area contributed by atoms with Crippen molar-refractivity contribution in [3.05, 3.63) is 63.2 Å². The van der Waals surface area contributed by atoms with E-state index in [2.05, 4.69) is 71.3 Å². The average molecular weight is 449 g/mol. The minimum Gasteiger partial charge on any atom is -0.376 e. The van der Waals surface area contributed by atoms with Gasteiger partial charge in [0.15, 0.2) is 0 Å². The minimum absolute atomic E-state index is 0.124. The molecule has 0 heterocycles. The fraction of sp³-hybridized carbons (Fsp3) is 0.300. The molecule has 0 unspecified atom stereocenters. The second-order valence-corrected chi connectivity index (χ2v) is 8.17. The summed E-state index contributed by atoms with van der Waals surface area (Å²) < 4.78 is 1.16. The Morgan fingerprint density at radius 3 is 2.20 bits per heavy atom. The zero-order valence-electron chi connectivity index (χ0n) is 15.1. The van der Waals surface area contributed by atoms with E-state index in [0.29, 0.717) is 0 Å². The summed E-state index contributed by atoms with van der Waals surface area (Å²) in [7, 11) is 0. The normalized spacial score (nSPS) is 12.0. The Morgan fingerprint density at radius 1 is 1.04 bits per heavy atom. The first kappa shape index (κ1) is 19.4. The molecule has 0 saturated heterocycles. The van der Waals surface area contributed by atoms with Gasteiger partial charge in [0.1, 0.15) is 0 Å². The van der Waals surface area contributed by atoms with Crippen LogP contribution in [0.3, 0.4) is 0 Å². The van der Waals surface area contributed by atoms with Crippen molar-refractivity contribution in [1.82, 2.24) is 5.43 Å². The van der Waals surface area contributed by atoms with Gasteiger partial charge in [-0.2, -0.15) is 5.10 Å². The highest BCUT2D eigenvalue weighted by atomic mass is 127. The lowest BCUT2D eigenvalue weighted by Gasteiger charge is -2.19. The van der Waals surface area contributed by atoms with E-state index in [4.69, 9.17) is 0 Å². The van der Waals surface area contributed by atoms with Crippen LogP contribution in [-0.2, 0) is 10.2 Å². The third kappa shape index (κ3) is 6.16. The second kappa shape index (κ2) is 8.47. The summed E-state index contributed by atoms with van der Waals surface area (Å²) in [5, 5.41) is 7.26. The Kier molecular flexibility index (Phi) is 6.58. The molecule has 0 atom stereocenters. The Labute approximate surface area is 163 Å². The van der Waals surface area contributed by atoms with Crippen molar-refractivity contribution >= 4 is 39.9 Å². The van der Waals surface area contributed by atoms with E-state index >= 15 is 0 Å². The smallest absolute Gasteiger partial charge is 0.259 e. The first-order chi connectivity index (χ1) is 11.8. The molecular formula is C20H24IN3O. The van der Waals surface area contributed by atoms with E-state index in [9.17, 15) is 4.79 Å². The number of benzene rings is 2. The first-order valence-electron chi connectivity index (χ1n) is 8.19. The van der Waals surface area contributed by atoms with Crippen LogP contribution in [0.4, 0.5) is 5.69 Å². The van der Waals surface area contributed by atoms with Crippen LogP contribution in [0.25, 0.3) is 0 Å². The summed E-state index contributed by atoms with van der Waals surface area (Å²) in [6.45, 7) is 8.62. The number of halogens is 1. The molecule has 25 heavy (non-hydrogen) atoms. The molecule has 0 radical (unpaired) electrons. The molecule has 4 nitrogen and oxygen atoms in total. The number of hydrogen-bond donors (Lipinski definition) is 2. The number of amides is 1. The van der Waals surface area contributed by atoms with Gasteiger partial charge in [0.05, 0.1) is 12.3 Å². The predicted molar refractivity (Wildman–Crippen MR) is 113 cm³/mol. The number of rotatable bonds is 5.